The van der Waals surface area contributed by atoms with Gasteiger partial charge >= 0.3 is 12.1 Å². The molecule has 0 aromatic heterocycles. The number of aliphatic carboxylic acids is 1. The molecule has 1 heterocycles. The third-order valence-electron chi connectivity index (χ3n) is 6.00. The molecule has 1 aliphatic heterocycles. The maximum Gasteiger partial charge on any atom is 0.422 e. The molecule has 2 aromatic rings. The van der Waals surface area contributed by atoms with Gasteiger partial charge in [-0.3, -0.25) is 9.59 Å². The zero-order chi connectivity index (χ0) is 27.7. The van der Waals surface area contributed by atoms with Crippen molar-refractivity contribution in [2.45, 2.75) is 37.9 Å². The number of rotatable bonds is 15. The molecule has 0 aliphatic carbocycles. The first-order valence-corrected chi connectivity index (χ1v) is 13.7. The summed E-state index contributed by atoms with van der Waals surface area (Å²) >= 11 is 2.27. The van der Waals surface area contributed by atoms with E-state index in [1.165, 1.54) is 6.07 Å². The molecule has 0 saturated heterocycles. The second kappa shape index (κ2) is 13.9. The first kappa shape index (κ1) is 29.8. The zero-order valence-electron chi connectivity index (χ0n) is 20.7. The smallest absolute Gasteiger partial charge is 0.422 e. The molecule has 8 nitrogen and oxygen atoms in total. The SMILES string of the molecule is NC(=O)c1cc(CC(CI)NCCOc2ccccc2OCC(F)(F)F)cc2c1N(CCCC(=O)O)CC2. The third kappa shape index (κ3) is 8.93. The Hall–Kier alpha value is -2.74. The van der Waals surface area contributed by atoms with Crippen molar-refractivity contribution < 1.29 is 37.3 Å². The summed E-state index contributed by atoms with van der Waals surface area (Å²) in [5.74, 6) is -1.10. The van der Waals surface area contributed by atoms with Crippen LogP contribution in [-0.2, 0) is 17.6 Å². The standard InChI is InChI=1S/C26H31F3IN3O5/c27-26(28,29)16-38-22-5-2-1-4-21(22)37-11-8-32-19(15-30)13-17-12-18-7-10-33(9-3-6-23(34)35)24(18)20(14-17)25(31)36/h1-2,4-5,12,14,19,32H,3,6-11,13,15-16H2,(H2,31,36)(H,34,35). The summed E-state index contributed by atoms with van der Waals surface area (Å²) in [7, 11) is 0. The van der Waals surface area contributed by atoms with Crippen LogP contribution in [0, 0.1) is 0 Å². The molecule has 0 bridgehead atoms. The number of amides is 1. The minimum atomic E-state index is -4.44. The second-order valence-electron chi connectivity index (χ2n) is 8.96. The average molecular weight is 649 g/mol. The average Bonchev–Trinajstić information content (AvgIpc) is 3.26. The molecule has 0 saturated carbocycles. The number of nitrogens with one attached hydrogen (secondary N) is 1. The monoisotopic (exact) mass is 649 g/mol. The highest BCUT2D eigenvalue weighted by molar-refractivity contribution is 14.1. The number of primary amides is 1. The van der Waals surface area contributed by atoms with Gasteiger partial charge in [-0.25, -0.2) is 0 Å². The minimum absolute atomic E-state index is 0.0318. The Morgan fingerprint density at radius 2 is 1.89 bits per heavy atom. The van der Waals surface area contributed by atoms with E-state index in [0.717, 1.165) is 27.7 Å². The number of carboxylic acid groups (broad SMARTS) is 1. The Balaban J connectivity index is 1.57. The molecule has 0 fully saturated rings. The lowest BCUT2D eigenvalue weighted by molar-refractivity contribution is -0.153. The van der Waals surface area contributed by atoms with Crippen molar-refractivity contribution in [2.75, 3.05) is 42.2 Å². The molecule has 1 atom stereocenters. The van der Waals surface area contributed by atoms with Gasteiger partial charge in [0.25, 0.3) is 5.91 Å². The lowest BCUT2D eigenvalue weighted by Crippen LogP contribution is -2.35. The fraction of sp³-hybridized carbons (Fsp3) is 0.462. The van der Waals surface area contributed by atoms with E-state index in [2.05, 4.69) is 34.0 Å². The Labute approximate surface area is 232 Å². The van der Waals surface area contributed by atoms with Gasteiger partial charge in [-0.15, -0.1) is 0 Å². The number of nitrogens with zero attached hydrogens (tertiary/aromatic N) is 1. The van der Waals surface area contributed by atoms with E-state index >= 15 is 0 Å². The first-order valence-electron chi connectivity index (χ1n) is 12.2. The highest BCUT2D eigenvalue weighted by Crippen LogP contribution is 2.34. The summed E-state index contributed by atoms with van der Waals surface area (Å²) < 4.78 is 48.8. The van der Waals surface area contributed by atoms with Crippen LogP contribution >= 0.6 is 22.6 Å². The molecule has 12 heteroatoms. The molecule has 0 spiro atoms. The number of carbonyl (C=O) groups excluding carboxylic acids is 1. The molecule has 1 unspecified atom stereocenters. The van der Waals surface area contributed by atoms with Crippen molar-refractivity contribution in [1.29, 1.82) is 0 Å². The number of anilines is 1. The predicted molar refractivity (Wildman–Crippen MR) is 146 cm³/mol. The van der Waals surface area contributed by atoms with Gasteiger partial charge in [0.05, 0.1) is 11.3 Å². The van der Waals surface area contributed by atoms with E-state index in [4.69, 9.17) is 20.3 Å². The molecule has 0 radical (unpaired) electrons. The van der Waals surface area contributed by atoms with Gasteiger partial charge in [0.1, 0.15) is 6.61 Å². The fourth-order valence-electron chi connectivity index (χ4n) is 4.38. The highest BCUT2D eigenvalue weighted by Gasteiger charge is 2.29. The van der Waals surface area contributed by atoms with Crippen molar-refractivity contribution in [2.24, 2.45) is 5.73 Å². The van der Waals surface area contributed by atoms with Crippen LogP contribution in [0.1, 0.15) is 34.3 Å². The number of hydrogen-bond acceptors (Lipinski definition) is 6. The molecule has 38 heavy (non-hydrogen) atoms. The van der Waals surface area contributed by atoms with Crippen LogP contribution in [0.2, 0.25) is 0 Å². The largest absolute Gasteiger partial charge is 0.488 e. The Bertz CT molecular complexity index is 1120. The van der Waals surface area contributed by atoms with Crippen molar-refractivity contribution in [3.63, 3.8) is 0 Å². The van der Waals surface area contributed by atoms with Gasteiger partial charge in [0.2, 0.25) is 0 Å². The van der Waals surface area contributed by atoms with Crippen LogP contribution in [0.15, 0.2) is 36.4 Å². The third-order valence-corrected chi connectivity index (χ3v) is 7.06. The van der Waals surface area contributed by atoms with Crippen molar-refractivity contribution in [1.82, 2.24) is 5.32 Å². The summed E-state index contributed by atoms with van der Waals surface area (Å²) in [5.41, 5.74) is 8.93. The van der Waals surface area contributed by atoms with Gasteiger partial charge in [-0.05, 0) is 48.6 Å². The molecule has 2 aromatic carbocycles. The number of carboxylic acids is 1. The lowest BCUT2D eigenvalue weighted by Gasteiger charge is -2.22. The second-order valence-corrected chi connectivity index (χ2v) is 9.84. The number of benzene rings is 2. The molecule has 3 rings (SSSR count). The number of fused-ring (bicyclic) bond motifs is 1. The van der Waals surface area contributed by atoms with Gasteiger partial charge < -0.3 is 30.5 Å². The van der Waals surface area contributed by atoms with Gasteiger partial charge in [0.15, 0.2) is 18.1 Å². The van der Waals surface area contributed by atoms with Gasteiger partial charge in [-0.1, -0.05) is 40.8 Å². The van der Waals surface area contributed by atoms with Crippen LogP contribution in [0.5, 0.6) is 11.5 Å². The Morgan fingerprint density at radius 1 is 1.18 bits per heavy atom. The summed E-state index contributed by atoms with van der Waals surface area (Å²) in [6.45, 7) is 0.532. The number of carbonyl (C=O) groups is 2. The minimum Gasteiger partial charge on any atom is -0.488 e. The quantitative estimate of drug-likeness (QED) is 0.152. The normalized spacial score (nSPS) is 13.7. The topological polar surface area (TPSA) is 114 Å². The molecular weight excluding hydrogens is 618 g/mol. The summed E-state index contributed by atoms with van der Waals surface area (Å²) in [5, 5.41) is 12.3. The molecule has 4 N–H and O–H groups in total. The molecule has 1 amide bonds. The van der Waals surface area contributed by atoms with Crippen molar-refractivity contribution in [3.8, 4) is 11.5 Å². The predicted octanol–water partition coefficient (Wildman–Crippen LogP) is 3.97. The number of hydrogen-bond donors (Lipinski definition) is 3. The van der Waals surface area contributed by atoms with E-state index in [1.54, 1.807) is 18.2 Å². The van der Waals surface area contributed by atoms with Crippen LogP contribution in [-0.4, -0.2) is 66.5 Å². The molecular formula is C26H31F3IN3O5. The van der Waals surface area contributed by atoms with Crippen molar-refractivity contribution >= 4 is 40.2 Å². The number of alkyl halides is 4. The maximum atomic E-state index is 12.5. The Kier molecular flexibility index (Phi) is 10.9. The van der Waals surface area contributed by atoms with Crippen LogP contribution < -0.4 is 25.4 Å². The fourth-order valence-corrected chi connectivity index (χ4v) is 5.00. The maximum absolute atomic E-state index is 12.5. The number of nitrogens with two attached hydrogens (primary N) is 1. The number of halogens is 4. The zero-order valence-corrected chi connectivity index (χ0v) is 22.9. The molecule has 208 valence electrons. The van der Waals surface area contributed by atoms with E-state index in [9.17, 15) is 22.8 Å². The van der Waals surface area contributed by atoms with Gasteiger partial charge in [-0.2, -0.15) is 13.2 Å². The Morgan fingerprint density at radius 3 is 2.53 bits per heavy atom. The summed E-state index contributed by atoms with van der Waals surface area (Å²) in [4.78, 5) is 25.2. The van der Waals surface area contributed by atoms with E-state index in [0.29, 0.717) is 38.0 Å². The number of para-hydroxylation sites is 2. The number of ether oxygens (including phenoxy) is 2. The summed E-state index contributed by atoms with van der Waals surface area (Å²) in [6, 6.07) is 10.2. The highest BCUT2D eigenvalue weighted by atomic mass is 127. The van der Waals surface area contributed by atoms with Crippen molar-refractivity contribution in [3.05, 3.63) is 53.1 Å². The first-order chi connectivity index (χ1) is 18.1. The van der Waals surface area contributed by atoms with Gasteiger partial charge in [0, 0.05) is 36.5 Å². The molecule has 1 aliphatic rings. The summed E-state index contributed by atoms with van der Waals surface area (Å²) in [6.07, 6.45) is -2.50. The lowest BCUT2D eigenvalue weighted by atomic mass is 9.98. The van der Waals surface area contributed by atoms with Crippen LogP contribution in [0.25, 0.3) is 0 Å². The van der Waals surface area contributed by atoms with E-state index in [-0.39, 0.29) is 30.6 Å². The van der Waals surface area contributed by atoms with E-state index < -0.39 is 24.7 Å². The van der Waals surface area contributed by atoms with Crippen LogP contribution in [0.4, 0.5) is 18.9 Å². The van der Waals surface area contributed by atoms with E-state index in [1.807, 2.05) is 11.0 Å². The van der Waals surface area contributed by atoms with Crippen LogP contribution in [0.3, 0.4) is 0 Å².